The monoisotopic (exact) mass is 646 g/mol. The summed E-state index contributed by atoms with van der Waals surface area (Å²) in [5.41, 5.74) is 12.8. The number of anilines is 1. The van der Waals surface area contributed by atoms with E-state index in [-0.39, 0.29) is 19.0 Å². The van der Waals surface area contributed by atoms with Gasteiger partial charge in [0.2, 0.25) is 17.7 Å². The molecular weight excluding hydrogens is 612 g/mol. The molecule has 1 fully saturated rings. The molecule has 4 aromatic rings. The van der Waals surface area contributed by atoms with Crippen LogP contribution in [0.3, 0.4) is 0 Å². The smallest absolute Gasteiger partial charge is 0.251 e. The Bertz CT molecular complexity index is 1800. The fourth-order valence-corrected chi connectivity index (χ4v) is 5.78. The van der Waals surface area contributed by atoms with Crippen LogP contribution in [0.1, 0.15) is 35.9 Å². The second-order valence-electron chi connectivity index (χ2n) is 11.0. The van der Waals surface area contributed by atoms with Crippen LogP contribution in [-0.4, -0.2) is 81.4 Å². The summed E-state index contributed by atoms with van der Waals surface area (Å²) in [7, 11) is 0. The van der Waals surface area contributed by atoms with Gasteiger partial charge in [-0.05, 0) is 62.7 Å². The van der Waals surface area contributed by atoms with Crippen molar-refractivity contribution < 1.29 is 19.2 Å². The number of fused-ring (bicyclic) bond motifs is 1. The zero-order valence-corrected chi connectivity index (χ0v) is 26.2. The number of nitrogens with zero attached hydrogens (tertiary/aromatic N) is 5. The summed E-state index contributed by atoms with van der Waals surface area (Å²) in [6.45, 7) is 4.80. The van der Waals surface area contributed by atoms with Crippen molar-refractivity contribution in [3.05, 3.63) is 64.9 Å². The standard InChI is InChI=1S/C31H35ClN10O4/c1-3-37-31(30(34)46)12-14-41(15-13-31)27-25-28(39-18(2)38-27)42(26(40-25)21-6-4-5-7-22(21)32)20-10-8-19(9-11-20)29(45)36-17-24(44)35-16-23(33)43/h4-11,37H,3,12-17H2,1-2H3,(H2,33,43)(H2,34,46)(H,35,44)(H,36,45). The second kappa shape index (κ2) is 13.5. The minimum absolute atomic E-state index is 0.314. The molecule has 240 valence electrons. The molecule has 0 unspecified atom stereocenters. The third kappa shape index (κ3) is 6.62. The van der Waals surface area contributed by atoms with Gasteiger partial charge in [-0.1, -0.05) is 30.7 Å². The van der Waals surface area contributed by atoms with Crippen molar-refractivity contribution in [3.63, 3.8) is 0 Å². The molecule has 2 aromatic heterocycles. The Kier molecular flexibility index (Phi) is 9.49. The molecule has 3 heterocycles. The van der Waals surface area contributed by atoms with Crippen molar-refractivity contribution in [2.45, 2.75) is 32.2 Å². The number of aryl methyl sites for hydroxylation is 1. The van der Waals surface area contributed by atoms with Crippen molar-refractivity contribution in [2.75, 3.05) is 37.6 Å². The van der Waals surface area contributed by atoms with Crippen LogP contribution in [0.5, 0.6) is 0 Å². The maximum Gasteiger partial charge on any atom is 0.251 e. The van der Waals surface area contributed by atoms with Gasteiger partial charge in [0.25, 0.3) is 5.91 Å². The third-order valence-electron chi connectivity index (χ3n) is 7.88. The van der Waals surface area contributed by atoms with Crippen LogP contribution in [0.2, 0.25) is 5.02 Å². The molecule has 0 radical (unpaired) electrons. The number of piperidine rings is 1. The van der Waals surface area contributed by atoms with Gasteiger partial charge < -0.3 is 32.3 Å². The molecule has 0 bridgehead atoms. The zero-order valence-electron chi connectivity index (χ0n) is 25.5. The highest BCUT2D eigenvalue weighted by Gasteiger charge is 2.40. The van der Waals surface area contributed by atoms with Gasteiger partial charge in [0.15, 0.2) is 17.0 Å². The summed E-state index contributed by atoms with van der Waals surface area (Å²) >= 11 is 6.66. The zero-order chi connectivity index (χ0) is 33.0. The van der Waals surface area contributed by atoms with E-state index in [1.807, 2.05) is 29.7 Å². The topological polar surface area (TPSA) is 203 Å². The number of carbonyl (C=O) groups is 4. The van der Waals surface area contributed by atoms with Crippen LogP contribution < -0.4 is 32.3 Å². The van der Waals surface area contributed by atoms with E-state index >= 15 is 0 Å². The van der Waals surface area contributed by atoms with Gasteiger partial charge in [0, 0.05) is 29.9 Å². The number of nitrogens with two attached hydrogens (primary N) is 2. The number of amides is 4. The van der Waals surface area contributed by atoms with E-state index in [0.717, 1.165) is 0 Å². The fourth-order valence-electron chi connectivity index (χ4n) is 5.56. The molecule has 15 heteroatoms. The lowest BCUT2D eigenvalue weighted by Crippen LogP contribution is -2.61. The fraction of sp³-hybridized carbons (Fsp3) is 0.323. The van der Waals surface area contributed by atoms with Gasteiger partial charge >= 0.3 is 0 Å². The molecule has 0 spiro atoms. The van der Waals surface area contributed by atoms with Gasteiger partial charge in [-0.3, -0.25) is 23.7 Å². The molecule has 0 saturated carbocycles. The first-order valence-electron chi connectivity index (χ1n) is 14.8. The summed E-state index contributed by atoms with van der Waals surface area (Å²) < 4.78 is 1.87. The summed E-state index contributed by atoms with van der Waals surface area (Å²) in [5.74, 6) is -0.380. The summed E-state index contributed by atoms with van der Waals surface area (Å²) in [5, 5.41) is 8.62. The largest absolute Gasteiger partial charge is 0.368 e. The highest BCUT2D eigenvalue weighted by atomic mass is 35.5. The van der Waals surface area contributed by atoms with E-state index in [1.54, 1.807) is 37.3 Å². The normalized spacial score (nSPS) is 14.2. The molecular formula is C31H35ClN10O4. The lowest BCUT2D eigenvalue weighted by molar-refractivity contribution is -0.125. The van der Waals surface area contributed by atoms with Crippen LogP contribution in [-0.2, 0) is 14.4 Å². The van der Waals surface area contributed by atoms with Gasteiger partial charge in [0.1, 0.15) is 17.2 Å². The molecule has 4 amide bonds. The van der Waals surface area contributed by atoms with Crippen LogP contribution in [0.15, 0.2) is 48.5 Å². The van der Waals surface area contributed by atoms with Crippen LogP contribution in [0.25, 0.3) is 28.2 Å². The molecule has 2 aromatic carbocycles. The van der Waals surface area contributed by atoms with Crippen LogP contribution >= 0.6 is 11.6 Å². The Hall–Kier alpha value is -5.08. The predicted octanol–water partition coefficient (Wildman–Crippen LogP) is 1.21. The van der Waals surface area contributed by atoms with Crippen LogP contribution in [0, 0.1) is 6.92 Å². The Morgan fingerprint density at radius 2 is 1.63 bits per heavy atom. The summed E-state index contributed by atoms with van der Waals surface area (Å²) in [6.07, 6.45) is 1.02. The summed E-state index contributed by atoms with van der Waals surface area (Å²) in [6, 6.07) is 14.1. The lowest BCUT2D eigenvalue weighted by Gasteiger charge is -2.40. The molecule has 0 aliphatic carbocycles. The minimum Gasteiger partial charge on any atom is -0.368 e. The number of carbonyl (C=O) groups excluding carboxylic acids is 4. The van der Waals surface area contributed by atoms with Gasteiger partial charge in [0.05, 0.1) is 18.1 Å². The number of hydrogen-bond acceptors (Lipinski definition) is 9. The Labute approximate surface area is 269 Å². The molecule has 1 saturated heterocycles. The molecule has 0 atom stereocenters. The van der Waals surface area contributed by atoms with Crippen LogP contribution in [0.4, 0.5) is 5.82 Å². The van der Waals surface area contributed by atoms with E-state index in [4.69, 9.17) is 38.0 Å². The average Bonchev–Trinajstić information content (AvgIpc) is 3.41. The highest BCUT2D eigenvalue weighted by Crippen LogP contribution is 2.36. The number of likely N-dealkylation sites (N-methyl/N-ethyl adjacent to an activating group) is 1. The number of benzene rings is 2. The summed E-state index contributed by atoms with van der Waals surface area (Å²) in [4.78, 5) is 64.6. The van der Waals surface area contributed by atoms with E-state index < -0.39 is 23.3 Å². The van der Waals surface area contributed by atoms with Crippen molar-refractivity contribution >= 4 is 52.2 Å². The quantitative estimate of drug-likeness (QED) is 0.159. The van der Waals surface area contributed by atoms with Gasteiger partial charge in [-0.15, -0.1) is 0 Å². The molecule has 5 rings (SSSR count). The number of halogens is 1. The first-order chi connectivity index (χ1) is 22.0. The molecule has 46 heavy (non-hydrogen) atoms. The van der Waals surface area contributed by atoms with Gasteiger partial charge in [-0.25, -0.2) is 15.0 Å². The van der Waals surface area contributed by atoms with Crippen molar-refractivity contribution in [3.8, 4) is 17.1 Å². The molecule has 1 aliphatic rings. The Morgan fingerprint density at radius 3 is 2.26 bits per heavy atom. The second-order valence-corrected chi connectivity index (χ2v) is 11.4. The first-order valence-corrected chi connectivity index (χ1v) is 15.2. The maximum absolute atomic E-state index is 12.7. The van der Waals surface area contributed by atoms with Crippen molar-refractivity contribution in [2.24, 2.45) is 11.5 Å². The molecule has 7 N–H and O–H groups in total. The van der Waals surface area contributed by atoms with Crippen molar-refractivity contribution in [1.82, 2.24) is 35.5 Å². The predicted molar refractivity (Wildman–Crippen MR) is 173 cm³/mol. The highest BCUT2D eigenvalue weighted by molar-refractivity contribution is 6.33. The third-order valence-corrected chi connectivity index (χ3v) is 8.21. The molecule has 1 aliphatic heterocycles. The number of hydrogen-bond donors (Lipinski definition) is 5. The Morgan fingerprint density at radius 1 is 0.935 bits per heavy atom. The number of nitrogens with one attached hydrogen (secondary N) is 3. The van der Waals surface area contributed by atoms with E-state index in [2.05, 4.69) is 20.9 Å². The number of primary amides is 2. The number of rotatable bonds is 11. The Balaban J connectivity index is 1.51. The van der Waals surface area contributed by atoms with Gasteiger partial charge in [-0.2, -0.15) is 0 Å². The maximum atomic E-state index is 12.7. The lowest BCUT2D eigenvalue weighted by atomic mass is 9.86. The SMILES string of the molecule is CCNC1(C(N)=O)CCN(c2nc(C)nc3c2nc(-c2ccccc2Cl)n3-c2ccc(C(=O)NCC(=O)NCC(N)=O)cc2)CC1. The van der Waals surface area contributed by atoms with Crippen molar-refractivity contribution in [1.29, 1.82) is 0 Å². The number of imidazole rings is 1. The minimum atomic E-state index is -0.782. The van der Waals surface area contributed by atoms with E-state index in [1.165, 1.54) is 0 Å². The number of aromatic nitrogens is 4. The van der Waals surface area contributed by atoms with E-state index in [0.29, 0.717) is 82.9 Å². The average molecular weight is 647 g/mol. The first kappa shape index (κ1) is 32.3. The van der Waals surface area contributed by atoms with E-state index in [9.17, 15) is 19.2 Å². The molecule has 14 nitrogen and oxygen atoms in total.